The molecule has 1 amide bonds. The highest BCUT2D eigenvalue weighted by molar-refractivity contribution is 6.07. The van der Waals surface area contributed by atoms with E-state index in [0.29, 0.717) is 18.7 Å². The molecular weight excluding hydrogens is 338 g/mol. The Morgan fingerprint density at radius 3 is 2.67 bits per heavy atom. The number of hydrogen-bond acceptors (Lipinski definition) is 4. The average Bonchev–Trinajstić information content (AvgIpc) is 2.73. The van der Waals surface area contributed by atoms with Crippen molar-refractivity contribution in [3.8, 4) is 11.3 Å². The second-order valence-electron chi connectivity index (χ2n) is 6.92. The first-order valence-electron chi connectivity index (χ1n) is 9.20. The predicted molar refractivity (Wildman–Crippen MR) is 106 cm³/mol. The second-order valence-corrected chi connectivity index (χ2v) is 6.92. The van der Waals surface area contributed by atoms with Crippen LogP contribution in [0, 0.1) is 0 Å². The molecule has 0 radical (unpaired) electrons. The van der Waals surface area contributed by atoms with Crippen LogP contribution in [0.5, 0.6) is 0 Å². The minimum Gasteiger partial charge on any atom is -0.378 e. The third kappa shape index (κ3) is 3.44. The Morgan fingerprint density at radius 2 is 1.89 bits per heavy atom. The molecule has 1 saturated heterocycles. The zero-order chi connectivity index (χ0) is 18.8. The van der Waals surface area contributed by atoms with Gasteiger partial charge in [0.15, 0.2) is 0 Å². The molecule has 2 heterocycles. The van der Waals surface area contributed by atoms with Gasteiger partial charge in [0.25, 0.3) is 5.91 Å². The molecule has 1 aliphatic rings. The summed E-state index contributed by atoms with van der Waals surface area (Å²) in [6.07, 6.45) is 0.600. The van der Waals surface area contributed by atoms with E-state index in [1.54, 1.807) is 7.11 Å². The van der Waals surface area contributed by atoms with Gasteiger partial charge in [-0.05, 0) is 18.6 Å². The molecule has 0 unspecified atom stereocenters. The van der Waals surface area contributed by atoms with Gasteiger partial charge < -0.3 is 15.4 Å². The Hall–Kier alpha value is -2.76. The number of nitrogens with zero attached hydrogens (tertiary/aromatic N) is 2. The standard InChI is InChI=1S/C22H23N3O2/c1-27-21-14-25(12-11-18(21)23)22(26)17-13-20(15-7-3-2-4-8-15)24-19-10-6-5-9-16(17)19/h2-10,13,18,21H,11-12,14,23H2,1H3/t18-,21+/m0/s1. The lowest BCUT2D eigenvalue weighted by atomic mass is 9.99. The topological polar surface area (TPSA) is 68.5 Å². The number of nitrogens with two attached hydrogens (primary N) is 1. The monoisotopic (exact) mass is 361 g/mol. The van der Waals surface area contributed by atoms with E-state index in [4.69, 9.17) is 15.5 Å². The molecule has 1 aliphatic heterocycles. The Kier molecular flexibility index (Phi) is 4.88. The third-order valence-corrected chi connectivity index (χ3v) is 5.22. The van der Waals surface area contributed by atoms with Gasteiger partial charge in [0, 0.05) is 37.2 Å². The minimum absolute atomic E-state index is 0.000249. The summed E-state index contributed by atoms with van der Waals surface area (Å²) in [7, 11) is 1.65. The Morgan fingerprint density at radius 1 is 1.15 bits per heavy atom. The number of hydrogen-bond donors (Lipinski definition) is 1. The van der Waals surface area contributed by atoms with Crippen molar-refractivity contribution >= 4 is 16.8 Å². The van der Waals surface area contributed by atoms with Gasteiger partial charge in [-0.25, -0.2) is 4.98 Å². The zero-order valence-corrected chi connectivity index (χ0v) is 15.3. The maximum absolute atomic E-state index is 13.4. The van der Waals surface area contributed by atoms with Crippen LogP contribution >= 0.6 is 0 Å². The molecule has 2 aromatic carbocycles. The first-order chi connectivity index (χ1) is 13.2. The molecule has 0 bridgehead atoms. The molecule has 2 atom stereocenters. The average molecular weight is 361 g/mol. The van der Waals surface area contributed by atoms with Crippen LogP contribution in [0.3, 0.4) is 0 Å². The normalized spacial score (nSPS) is 20.0. The number of piperidine rings is 1. The van der Waals surface area contributed by atoms with Crippen LogP contribution in [0.2, 0.25) is 0 Å². The molecule has 2 N–H and O–H groups in total. The zero-order valence-electron chi connectivity index (χ0n) is 15.3. The van der Waals surface area contributed by atoms with Crippen LogP contribution in [-0.2, 0) is 4.74 Å². The summed E-state index contributed by atoms with van der Waals surface area (Å²) in [6, 6.07) is 19.6. The van der Waals surface area contributed by atoms with Crippen LogP contribution in [0.1, 0.15) is 16.8 Å². The van der Waals surface area contributed by atoms with Gasteiger partial charge in [-0.1, -0.05) is 48.5 Å². The summed E-state index contributed by atoms with van der Waals surface area (Å²) < 4.78 is 5.47. The highest BCUT2D eigenvalue weighted by atomic mass is 16.5. The maximum Gasteiger partial charge on any atom is 0.254 e. The molecule has 1 aromatic heterocycles. The number of benzene rings is 2. The molecule has 1 fully saturated rings. The van der Waals surface area contributed by atoms with Gasteiger partial charge in [-0.15, -0.1) is 0 Å². The molecule has 0 aliphatic carbocycles. The molecule has 27 heavy (non-hydrogen) atoms. The number of carbonyl (C=O) groups is 1. The van der Waals surface area contributed by atoms with Gasteiger partial charge in [-0.3, -0.25) is 4.79 Å². The molecule has 3 aromatic rings. The smallest absolute Gasteiger partial charge is 0.254 e. The Bertz CT molecular complexity index is 958. The van der Waals surface area contributed by atoms with Crippen LogP contribution in [0.15, 0.2) is 60.7 Å². The van der Waals surface area contributed by atoms with Crippen molar-refractivity contribution in [3.05, 3.63) is 66.2 Å². The summed E-state index contributed by atoms with van der Waals surface area (Å²) in [6.45, 7) is 1.14. The first-order valence-corrected chi connectivity index (χ1v) is 9.20. The molecule has 0 spiro atoms. The number of fused-ring (bicyclic) bond motifs is 1. The van der Waals surface area contributed by atoms with Crippen LogP contribution in [-0.4, -0.2) is 48.1 Å². The van der Waals surface area contributed by atoms with Crippen LogP contribution < -0.4 is 5.73 Å². The largest absolute Gasteiger partial charge is 0.378 e. The highest BCUT2D eigenvalue weighted by Gasteiger charge is 2.30. The van der Waals surface area contributed by atoms with Crippen molar-refractivity contribution in [2.45, 2.75) is 18.6 Å². The number of carbonyl (C=O) groups excluding carboxylic acids is 1. The summed E-state index contributed by atoms with van der Waals surface area (Å²) in [5.74, 6) is -0.000249. The fourth-order valence-electron chi connectivity index (χ4n) is 3.65. The van der Waals surface area contributed by atoms with E-state index in [2.05, 4.69) is 0 Å². The van der Waals surface area contributed by atoms with Crippen LogP contribution in [0.25, 0.3) is 22.2 Å². The maximum atomic E-state index is 13.4. The number of amides is 1. The summed E-state index contributed by atoms with van der Waals surface area (Å²) in [5, 5.41) is 0.867. The second kappa shape index (κ2) is 7.47. The lowest BCUT2D eigenvalue weighted by molar-refractivity contribution is 0.0163. The Labute approximate surface area is 158 Å². The first kappa shape index (κ1) is 17.6. The number of rotatable bonds is 3. The van der Waals surface area contributed by atoms with E-state index in [1.165, 1.54) is 0 Å². The lowest BCUT2D eigenvalue weighted by Crippen LogP contribution is -2.53. The SMILES string of the molecule is CO[C@@H]1CN(C(=O)c2cc(-c3ccccc3)nc3ccccc23)CC[C@@H]1N. The minimum atomic E-state index is -0.135. The van der Waals surface area contributed by atoms with Crippen molar-refractivity contribution < 1.29 is 9.53 Å². The van der Waals surface area contributed by atoms with Crippen molar-refractivity contribution in [1.29, 1.82) is 0 Å². The van der Waals surface area contributed by atoms with E-state index in [1.807, 2.05) is 65.6 Å². The lowest BCUT2D eigenvalue weighted by Gasteiger charge is -2.36. The van der Waals surface area contributed by atoms with Crippen LogP contribution in [0.4, 0.5) is 0 Å². The van der Waals surface area contributed by atoms with E-state index in [9.17, 15) is 4.79 Å². The molecule has 5 nitrogen and oxygen atoms in total. The fourth-order valence-corrected chi connectivity index (χ4v) is 3.65. The molecule has 5 heteroatoms. The molecule has 138 valence electrons. The van der Waals surface area contributed by atoms with Crippen molar-refractivity contribution in [2.24, 2.45) is 5.73 Å². The van der Waals surface area contributed by atoms with Gasteiger partial charge in [0.2, 0.25) is 0 Å². The molecule has 4 rings (SSSR count). The highest BCUT2D eigenvalue weighted by Crippen LogP contribution is 2.26. The number of aromatic nitrogens is 1. The van der Waals surface area contributed by atoms with E-state index >= 15 is 0 Å². The summed E-state index contributed by atoms with van der Waals surface area (Å²) in [4.78, 5) is 20.0. The molecule has 0 saturated carbocycles. The summed E-state index contributed by atoms with van der Waals surface area (Å²) in [5.41, 5.74) is 9.39. The van der Waals surface area contributed by atoms with Gasteiger partial charge in [0.05, 0.1) is 22.9 Å². The Balaban J connectivity index is 1.77. The quantitative estimate of drug-likeness (QED) is 0.778. The van der Waals surface area contributed by atoms with E-state index in [-0.39, 0.29) is 18.1 Å². The molecular formula is C22H23N3O2. The van der Waals surface area contributed by atoms with E-state index < -0.39 is 0 Å². The predicted octanol–water partition coefficient (Wildman–Crippen LogP) is 3.09. The number of pyridine rings is 1. The number of para-hydroxylation sites is 1. The number of methoxy groups -OCH3 is 1. The third-order valence-electron chi connectivity index (χ3n) is 5.22. The summed E-state index contributed by atoms with van der Waals surface area (Å²) >= 11 is 0. The fraction of sp³-hybridized carbons (Fsp3) is 0.273. The van der Waals surface area contributed by atoms with Crippen molar-refractivity contribution in [3.63, 3.8) is 0 Å². The van der Waals surface area contributed by atoms with Gasteiger partial charge in [0.1, 0.15) is 0 Å². The van der Waals surface area contributed by atoms with Gasteiger partial charge >= 0.3 is 0 Å². The van der Waals surface area contributed by atoms with E-state index in [0.717, 1.165) is 28.6 Å². The van der Waals surface area contributed by atoms with Crippen molar-refractivity contribution in [1.82, 2.24) is 9.88 Å². The number of ether oxygens (including phenoxy) is 1. The van der Waals surface area contributed by atoms with Gasteiger partial charge in [-0.2, -0.15) is 0 Å². The van der Waals surface area contributed by atoms with Crippen molar-refractivity contribution in [2.75, 3.05) is 20.2 Å². The number of likely N-dealkylation sites (tertiary alicyclic amines) is 1.